The van der Waals surface area contributed by atoms with Crippen LogP contribution in [0.1, 0.15) is 84.4 Å². The van der Waals surface area contributed by atoms with E-state index >= 15 is 0 Å². The summed E-state index contributed by atoms with van der Waals surface area (Å²) in [5.74, 6) is 1.07. The highest BCUT2D eigenvalue weighted by atomic mass is 32.2. The first-order chi connectivity index (χ1) is 18.2. The van der Waals surface area contributed by atoms with Gasteiger partial charge in [-0.25, -0.2) is 4.79 Å². The van der Waals surface area contributed by atoms with Crippen molar-refractivity contribution in [2.75, 3.05) is 11.1 Å². The van der Waals surface area contributed by atoms with E-state index in [-0.39, 0.29) is 29.8 Å². The minimum absolute atomic E-state index is 0.145. The van der Waals surface area contributed by atoms with Crippen LogP contribution in [0.25, 0.3) is 0 Å². The summed E-state index contributed by atoms with van der Waals surface area (Å²) in [6, 6.07) is 6.02. The van der Waals surface area contributed by atoms with Crippen molar-refractivity contribution in [1.82, 2.24) is 14.8 Å². The molecule has 0 radical (unpaired) electrons. The number of hydrogen-bond acceptors (Lipinski definition) is 8. The van der Waals surface area contributed by atoms with Crippen LogP contribution in [0.3, 0.4) is 0 Å². The smallest absolute Gasteiger partial charge is 0.341 e. The number of nitrogens with one attached hydrogen (secondary N) is 1. The number of anilines is 1. The molecule has 2 aromatic heterocycles. The van der Waals surface area contributed by atoms with E-state index < -0.39 is 0 Å². The summed E-state index contributed by atoms with van der Waals surface area (Å²) in [4.78, 5) is 27.0. The first kappa shape index (κ1) is 28.2. The minimum Gasteiger partial charge on any atom is -0.483 e. The van der Waals surface area contributed by atoms with Crippen LogP contribution < -0.4 is 10.1 Å². The summed E-state index contributed by atoms with van der Waals surface area (Å²) in [6.45, 7) is 12.4. The number of thiophene rings is 1. The van der Waals surface area contributed by atoms with E-state index in [1.807, 2.05) is 50.5 Å². The summed E-state index contributed by atoms with van der Waals surface area (Å²) >= 11 is 2.81. The lowest BCUT2D eigenvalue weighted by molar-refractivity contribution is -0.113. The molecule has 3 aromatic rings. The van der Waals surface area contributed by atoms with Crippen LogP contribution in [0.15, 0.2) is 23.4 Å². The number of ether oxygens (including phenoxy) is 2. The largest absolute Gasteiger partial charge is 0.483 e. The molecule has 1 aliphatic rings. The molecule has 0 aliphatic heterocycles. The molecule has 4 rings (SSSR count). The highest BCUT2D eigenvalue weighted by molar-refractivity contribution is 7.99. The van der Waals surface area contributed by atoms with Gasteiger partial charge in [0.25, 0.3) is 0 Å². The van der Waals surface area contributed by atoms with Gasteiger partial charge in [0.2, 0.25) is 5.91 Å². The van der Waals surface area contributed by atoms with Gasteiger partial charge in [-0.1, -0.05) is 17.8 Å². The molecule has 1 amide bonds. The maximum atomic E-state index is 13.0. The van der Waals surface area contributed by atoms with Crippen LogP contribution in [0.4, 0.5) is 5.00 Å². The third kappa shape index (κ3) is 6.40. The van der Waals surface area contributed by atoms with Crippen molar-refractivity contribution < 1.29 is 19.1 Å². The van der Waals surface area contributed by atoms with Crippen LogP contribution >= 0.6 is 23.1 Å². The van der Waals surface area contributed by atoms with Gasteiger partial charge in [0.1, 0.15) is 10.8 Å². The topological polar surface area (TPSA) is 95.3 Å². The highest BCUT2D eigenvalue weighted by Gasteiger charge is 2.28. The summed E-state index contributed by atoms with van der Waals surface area (Å²) in [6.07, 6.45) is 3.36. The van der Waals surface area contributed by atoms with Crippen molar-refractivity contribution in [3.05, 3.63) is 51.2 Å². The Kier molecular flexibility index (Phi) is 9.15. The summed E-state index contributed by atoms with van der Waals surface area (Å²) in [5, 5.41) is 12.9. The Morgan fingerprint density at radius 2 is 1.89 bits per heavy atom. The number of carbonyl (C=O) groups is 2. The number of rotatable bonds is 10. The minimum atomic E-state index is -0.365. The molecule has 0 bridgehead atoms. The molecular weight excluding hydrogens is 520 g/mol. The lowest BCUT2D eigenvalue weighted by atomic mass is 9.95. The fourth-order valence-corrected chi connectivity index (χ4v) is 6.59. The van der Waals surface area contributed by atoms with E-state index in [4.69, 9.17) is 9.47 Å². The van der Waals surface area contributed by atoms with E-state index in [0.717, 1.165) is 37.0 Å². The van der Waals surface area contributed by atoms with Crippen molar-refractivity contribution in [3.63, 3.8) is 0 Å². The molecule has 2 heterocycles. The first-order valence-corrected chi connectivity index (χ1v) is 14.9. The average Bonchev–Trinajstić information content (AvgIpc) is 3.45. The van der Waals surface area contributed by atoms with Gasteiger partial charge >= 0.3 is 5.97 Å². The zero-order valence-electron chi connectivity index (χ0n) is 22.9. The molecule has 10 heteroatoms. The van der Waals surface area contributed by atoms with Crippen molar-refractivity contribution in [2.24, 2.45) is 0 Å². The van der Waals surface area contributed by atoms with Gasteiger partial charge in [0, 0.05) is 11.4 Å². The van der Waals surface area contributed by atoms with Gasteiger partial charge in [-0.3, -0.25) is 4.79 Å². The number of benzene rings is 1. The van der Waals surface area contributed by atoms with Gasteiger partial charge in [-0.05, 0) is 96.0 Å². The third-order valence-electron chi connectivity index (χ3n) is 6.52. The second kappa shape index (κ2) is 12.3. The number of fused-ring (bicyclic) bond motifs is 1. The van der Waals surface area contributed by atoms with Gasteiger partial charge < -0.3 is 19.4 Å². The molecule has 1 unspecified atom stereocenters. The van der Waals surface area contributed by atoms with Crippen LogP contribution in [-0.2, 0) is 28.9 Å². The lowest BCUT2D eigenvalue weighted by Crippen LogP contribution is -2.19. The summed E-state index contributed by atoms with van der Waals surface area (Å²) in [5.41, 5.74) is 3.93. The Morgan fingerprint density at radius 3 is 2.61 bits per heavy atom. The fraction of sp³-hybridized carbons (Fsp3) is 0.500. The van der Waals surface area contributed by atoms with Gasteiger partial charge in [-0.15, -0.1) is 21.5 Å². The Balaban J connectivity index is 1.44. The number of esters is 1. The molecule has 0 saturated heterocycles. The number of hydrogen-bond donors (Lipinski definition) is 1. The molecule has 204 valence electrons. The van der Waals surface area contributed by atoms with Crippen LogP contribution in [0.2, 0.25) is 0 Å². The van der Waals surface area contributed by atoms with E-state index in [1.54, 1.807) is 0 Å². The van der Waals surface area contributed by atoms with E-state index in [2.05, 4.69) is 29.4 Å². The van der Waals surface area contributed by atoms with Gasteiger partial charge in [-0.2, -0.15) is 0 Å². The maximum absolute atomic E-state index is 13.0. The zero-order chi connectivity index (χ0) is 27.4. The van der Waals surface area contributed by atoms with Crippen LogP contribution in [0, 0.1) is 13.8 Å². The number of amides is 1. The predicted octanol–water partition coefficient (Wildman–Crippen LogP) is 6.29. The number of aryl methyl sites for hydroxylation is 3. The number of nitrogens with zero attached hydrogens (tertiary/aromatic N) is 3. The third-order valence-corrected chi connectivity index (χ3v) is 8.69. The molecule has 1 aliphatic carbocycles. The summed E-state index contributed by atoms with van der Waals surface area (Å²) < 4.78 is 13.6. The number of aromatic nitrogens is 3. The van der Waals surface area contributed by atoms with Gasteiger partial charge in [0.15, 0.2) is 17.1 Å². The lowest BCUT2D eigenvalue weighted by Gasteiger charge is -2.16. The highest BCUT2D eigenvalue weighted by Crippen LogP contribution is 2.39. The normalized spacial score (nSPS) is 13.8. The second-order valence-corrected chi connectivity index (χ2v) is 11.8. The number of carbonyl (C=O) groups excluding carboxylic acids is 2. The predicted molar refractivity (Wildman–Crippen MR) is 152 cm³/mol. The van der Waals surface area contributed by atoms with Crippen LogP contribution in [-0.4, -0.2) is 38.5 Å². The van der Waals surface area contributed by atoms with Gasteiger partial charge in [0.05, 0.1) is 17.4 Å². The van der Waals surface area contributed by atoms with E-state index in [1.165, 1.54) is 39.1 Å². The molecule has 0 fully saturated rings. The second-order valence-electron chi connectivity index (χ2n) is 9.80. The average molecular weight is 557 g/mol. The van der Waals surface area contributed by atoms with Crippen molar-refractivity contribution in [1.29, 1.82) is 0 Å². The Hall–Kier alpha value is -2.85. The Bertz CT molecular complexity index is 1310. The fourth-order valence-electron chi connectivity index (χ4n) is 4.48. The molecule has 1 aromatic carbocycles. The molecule has 38 heavy (non-hydrogen) atoms. The molecular formula is C28H36N4O4S2. The Labute approximate surface area is 232 Å². The Morgan fingerprint density at radius 1 is 1.13 bits per heavy atom. The molecule has 1 atom stereocenters. The zero-order valence-corrected chi connectivity index (χ0v) is 24.6. The first-order valence-electron chi connectivity index (χ1n) is 13.1. The van der Waals surface area contributed by atoms with E-state index in [9.17, 15) is 9.59 Å². The monoisotopic (exact) mass is 556 g/mol. The molecule has 8 nitrogen and oxygen atoms in total. The standard InChI is InChI=1S/C28H36N4O4S2/c1-7-32-25(19(6)36-20-13-12-17(4)18(5)14-20)30-31-28(32)37-15-23(33)29-26-24(27(34)35-16(2)3)21-10-8-9-11-22(21)38-26/h12-14,16,19H,7-11,15H2,1-6H3,(H,29,33). The number of thioether (sulfide) groups is 1. The maximum Gasteiger partial charge on any atom is 0.341 e. The molecule has 0 spiro atoms. The van der Waals surface area contributed by atoms with Crippen molar-refractivity contribution in [2.45, 2.75) is 91.1 Å². The quantitative estimate of drug-likeness (QED) is 0.232. The van der Waals surface area contributed by atoms with Crippen molar-refractivity contribution in [3.8, 4) is 5.75 Å². The van der Waals surface area contributed by atoms with Crippen molar-refractivity contribution >= 4 is 40.0 Å². The molecule has 0 saturated carbocycles. The SMILES string of the molecule is CCn1c(SCC(=O)Nc2sc3c(c2C(=O)OC(C)C)CCCC3)nnc1C(C)Oc1ccc(C)c(C)c1. The summed E-state index contributed by atoms with van der Waals surface area (Å²) in [7, 11) is 0. The van der Waals surface area contributed by atoms with Crippen LogP contribution in [0.5, 0.6) is 5.75 Å². The van der Waals surface area contributed by atoms with E-state index in [0.29, 0.717) is 28.1 Å². The molecule has 1 N–H and O–H groups in total.